The minimum atomic E-state index is -1.16. The highest BCUT2D eigenvalue weighted by atomic mass is 16.6. The number of ether oxygens (including phenoxy) is 2. The summed E-state index contributed by atoms with van der Waals surface area (Å²) in [4.78, 5) is 10.9. The van der Waals surface area contributed by atoms with E-state index in [1.807, 2.05) is 31.2 Å². The molecule has 0 amide bonds. The lowest BCUT2D eigenvalue weighted by molar-refractivity contribution is -0.150. The average molecular weight is 246 g/mol. The Morgan fingerprint density at radius 2 is 2.17 bits per heavy atom. The van der Waals surface area contributed by atoms with Crippen LogP contribution in [0.5, 0.6) is 5.75 Å². The molecule has 2 rings (SSSR count). The molecule has 4 nitrogen and oxygen atoms in total. The number of esters is 1. The van der Waals surface area contributed by atoms with Gasteiger partial charge in [-0.05, 0) is 30.2 Å². The summed E-state index contributed by atoms with van der Waals surface area (Å²) in [6.07, 6.45) is 3.59. The summed E-state index contributed by atoms with van der Waals surface area (Å²) in [5.41, 5.74) is 2.43. The number of hydrogen-bond acceptors (Lipinski definition) is 4. The highest BCUT2D eigenvalue weighted by Gasteiger charge is 2.21. The smallest absolute Gasteiger partial charge is 0.333 e. The number of carbonyl (C=O) groups is 1. The molecule has 0 aromatic heterocycles. The van der Waals surface area contributed by atoms with Crippen LogP contribution in [0, 0.1) is 6.92 Å². The lowest BCUT2D eigenvalue weighted by Gasteiger charge is -2.05. The number of methoxy groups -OCH3 is 1. The number of aliphatic hydroxyl groups excluding tert-OH is 1. The first kappa shape index (κ1) is 12.4. The third kappa shape index (κ3) is 2.60. The Morgan fingerprint density at radius 1 is 1.39 bits per heavy atom. The maximum absolute atomic E-state index is 10.9. The molecule has 1 unspecified atom stereocenters. The summed E-state index contributed by atoms with van der Waals surface area (Å²) < 4.78 is 9.74. The van der Waals surface area contributed by atoms with Gasteiger partial charge in [0, 0.05) is 11.6 Å². The van der Waals surface area contributed by atoms with Crippen LogP contribution in [0.1, 0.15) is 11.1 Å². The van der Waals surface area contributed by atoms with Gasteiger partial charge in [-0.25, -0.2) is 4.79 Å². The van der Waals surface area contributed by atoms with Crippen molar-refractivity contribution >= 4 is 12.0 Å². The molecule has 1 heterocycles. The van der Waals surface area contributed by atoms with Crippen molar-refractivity contribution in [3.8, 4) is 5.75 Å². The second-order valence-electron chi connectivity index (χ2n) is 4.00. The molecule has 1 N–H and O–H groups in total. The number of carbonyl (C=O) groups excluding carboxylic acids is 1. The molecule has 0 aliphatic carbocycles. The van der Waals surface area contributed by atoms with Crippen molar-refractivity contribution in [3.05, 3.63) is 47.1 Å². The first-order chi connectivity index (χ1) is 8.60. The van der Waals surface area contributed by atoms with Crippen LogP contribution in [0.15, 0.2) is 35.9 Å². The van der Waals surface area contributed by atoms with Crippen LogP contribution in [-0.4, -0.2) is 24.5 Å². The molecule has 4 heteroatoms. The molecule has 0 fully saturated rings. The molecule has 0 bridgehead atoms. The van der Waals surface area contributed by atoms with E-state index < -0.39 is 12.3 Å². The number of cyclic esters (lactones) is 1. The summed E-state index contributed by atoms with van der Waals surface area (Å²) in [5, 5.41) is 9.39. The number of aryl methyl sites for hydroxylation is 1. The molecule has 94 valence electrons. The minimum Gasteiger partial charge on any atom is -0.496 e. The predicted molar refractivity (Wildman–Crippen MR) is 66.9 cm³/mol. The lowest BCUT2D eigenvalue weighted by atomic mass is 10.1. The van der Waals surface area contributed by atoms with Crippen LogP contribution in [-0.2, 0) is 9.53 Å². The van der Waals surface area contributed by atoms with Gasteiger partial charge in [-0.1, -0.05) is 18.2 Å². The summed E-state index contributed by atoms with van der Waals surface area (Å²) in [6, 6.07) is 5.73. The number of aliphatic hydroxyl groups is 1. The maximum Gasteiger partial charge on any atom is 0.333 e. The van der Waals surface area contributed by atoms with Crippen molar-refractivity contribution in [1.82, 2.24) is 0 Å². The summed E-state index contributed by atoms with van der Waals surface area (Å²) in [7, 11) is 1.63. The third-order valence-electron chi connectivity index (χ3n) is 2.68. The highest BCUT2D eigenvalue weighted by molar-refractivity contribution is 5.86. The molecule has 0 spiro atoms. The first-order valence-corrected chi connectivity index (χ1v) is 5.53. The quantitative estimate of drug-likeness (QED) is 0.826. The Balaban J connectivity index is 2.17. The van der Waals surface area contributed by atoms with Crippen LogP contribution in [0.4, 0.5) is 0 Å². The molecule has 1 atom stereocenters. The minimum absolute atomic E-state index is 0.452. The second-order valence-corrected chi connectivity index (χ2v) is 4.00. The monoisotopic (exact) mass is 246 g/mol. The molecule has 0 saturated carbocycles. The van der Waals surface area contributed by atoms with Gasteiger partial charge in [0.05, 0.1) is 7.11 Å². The van der Waals surface area contributed by atoms with Crippen LogP contribution in [0.25, 0.3) is 6.08 Å². The van der Waals surface area contributed by atoms with E-state index in [0.717, 1.165) is 16.9 Å². The molecule has 18 heavy (non-hydrogen) atoms. The SMILES string of the molecule is COc1ccc(/C=C/C2=CC(=O)OC2O)cc1C. The van der Waals surface area contributed by atoms with E-state index in [0.29, 0.717) is 5.57 Å². The van der Waals surface area contributed by atoms with Gasteiger partial charge >= 0.3 is 5.97 Å². The normalized spacial score (nSPS) is 18.9. The zero-order chi connectivity index (χ0) is 13.1. The number of benzene rings is 1. The van der Waals surface area contributed by atoms with Gasteiger partial charge in [-0.3, -0.25) is 0 Å². The molecule has 1 aliphatic rings. The zero-order valence-corrected chi connectivity index (χ0v) is 10.2. The van der Waals surface area contributed by atoms with Crippen molar-refractivity contribution in [1.29, 1.82) is 0 Å². The Labute approximate surface area is 105 Å². The lowest BCUT2D eigenvalue weighted by Crippen LogP contribution is -2.08. The van der Waals surface area contributed by atoms with Crippen molar-refractivity contribution < 1.29 is 19.4 Å². The number of hydrogen-bond donors (Lipinski definition) is 1. The standard InChI is InChI=1S/C14H14O4/c1-9-7-10(4-6-12(9)17-2)3-5-11-8-13(15)18-14(11)16/h3-8,14,16H,1-2H3/b5-3+. The van der Waals surface area contributed by atoms with Crippen LogP contribution < -0.4 is 4.74 Å². The molecular formula is C14H14O4. The van der Waals surface area contributed by atoms with E-state index in [4.69, 9.17) is 4.74 Å². The van der Waals surface area contributed by atoms with Gasteiger partial charge in [-0.15, -0.1) is 0 Å². The molecular weight excluding hydrogens is 232 g/mol. The van der Waals surface area contributed by atoms with Crippen molar-refractivity contribution in [2.45, 2.75) is 13.2 Å². The van der Waals surface area contributed by atoms with E-state index in [1.54, 1.807) is 13.2 Å². The topological polar surface area (TPSA) is 55.8 Å². The van der Waals surface area contributed by atoms with Crippen molar-refractivity contribution in [3.63, 3.8) is 0 Å². The molecule has 1 aromatic carbocycles. The second kappa shape index (κ2) is 5.06. The van der Waals surface area contributed by atoms with Gasteiger partial charge in [-0.2, -0.15) is 0 Å². The molecule has 0 radical (unpaired) electrons. The van der Waals surface area contributed by atoms with Gasteiger partial charge in [0.2, 0.25) is 6.29 Å². The first-order valence-electron chi connectivity index (χ1n) is 5.53. The van der Waals surface area contributed by atoms with Gasteiger partial charge in [0.15, 0.2) is 0 Å². The summed E-state index contributed by atoms with van der Waals surface area (Å²) >= 11 is 0. The van der Waals surface area contributed by atoms with Gasteiger partial charge in [0.1, 0.15) is 5.75 Å². The zero-order valence-electron chi connectivity index (χ0n) is 10.2. The van der Waals surface area contributed by atoms with E-state index in [1.165, 1.54) is 6.08 Å². The van der Waals surface area contributed by atoms with Gasteiger partial charge < -0.3 is 14.6 Å². The van der Waals surface area contributed by atoms with Gasteiger partial charge in [0.25, 0.3) is 0 Å². The Hall–Kier alpha value is -2.07. The fraction of sp³-hybridized carbons (Fsp3) is 0.214. The summed E-state index contributed by atoms with van der Waals surface area (Å²) in [5.74, 6) is 0.304. The Kier molecular flexibility index (Phi) is 3.48. The van der Waals surface area contributed by atoms with Crippen LogP contribution in [0.2, 0.25) is 0 Å². The fourth-order valence-electron chi connectivity index (χ4n) is 1.75. The van der Waals surface area contributed by atoms with E-state index in [9.17, 15) is 9.90 Å². The van der Waals surface area contributed by atoms with E-state index in [2.05, 4.69) is 4.74 Å². The van der Waals surface area contributed by atoms with Crippen molar-refractivity contribution in [2.24, 2.45) is 0 Å². The van der Waals surface area contributed by atoms with E-state index >= 15 is 0 Å². The van der Waals surface area contributed by atoms with Crippen molar-refractivity contribution in [2.75, 3.05) is 7.11 Å². The summed E-state index contributed by atoms with van der Waals surface area (Å²) in [6.45, 7) is 1.95. The number of rotatable bonds is 3. The Bertz CT molecular complexity index is 529. The van der Waals surface area contributed by atoms with Crippen LogP contribution >= 0.6 is 0 Å². The fourth-order valence-corrected chi connectivity index (χ4v) is 1.75. The average Bonchev–Trinajstić information content (AvgIpc) is 2.65. The Morgan fingerprint density at radius 3 is 2.72 bits per heavy atom. The van der Waals surface area contributed by atoms with Crippen LogP contribution in [0.3, 0.4) is 0 Å². The van der Waals surface area contributed by atoms with E-state index in [-0.39, 0.29) is 0 Å². The predicted octanol–water partition coefficient (Wildman–Crippen LogP) is 1.82. The highest BCUT2D eigenvalue weighted by Crippen LogP contribution is 2.21. The maximum atomic E-state index is 10.9. The molecule has 0 saturated heterocycles. The molecule has 1 aromatic rings. The third-order valence-corrected chi connectivity index (χ3v) is 2.68. The largest absolute Gasteiger partial charge is 0.496 e. The molecule has 1 aliphatic heterocycles.